The highest BCUT2D eigenvalue weighted by Crippen LogP contribution is 2.26. The molecule has 0 aliphatic carbocycles. The molecule has 0 saturated carbocycles. The maximum Gasteiger partial charge on any atom is 0.343 e. The van der Waals surface area contributed by atoms with E-state index in [0.717, 1.165) is 0 Å². The number of nitrogens with zero attached hydrogens (tertiary/aromatic N) is 2. The van der Waals surface area contributed by atoms with Crippen LogP contribution in [-0.4, -0.2) is 42.4 Å². The van der Waals surface area contributed by atoms with Gasteiger partial charge in [-0.05, 0) is 25.0 Å². The summed E-state index contributed by atoms with van der Waals surface area (Å²) < 4.78 is 17.0. The number of benzene rings is 1. The van der Waals surface area contributed by atoms with E-state index < -0.39 is 18.4 Å². The number of hydrogen-bond donors (Lipinski definition) is 0. The molecular formula is C19H23ClN2O5. The maximum absolute atomic E-state index is 12.4. The molecular weight excluding hydrogens is 372 g/mol. The van der Waals surface area contributed by atoms with Crippen molar-refractivity contribution in [2.75, 3.05) is 20.8 Å². The lowest BCUT2D eigenvalue weighted by molar-refractivity contribution is 0.0473. The molecule has 146 valence electrons. The van der Waals surface area contributed by atoms with Crippen LogP contribution in [0.4, 0.5) is 0 Å². The van der Waals surface area contributed by atoms with Crippen molar-refractivity contribution >= 4 is 23.4 Å². The summed E-state index contributed by atoms with van der Waals surface area (Å²) in [4.78, 5) is 24.8. The minimum Gasteiger partial charge on any atom is -0.497 e. The Bertz CT molecular complexity index is 845. The van der Waals surface area contributed by atoms with E-state index in [9.17, 15) is 9.59 Å². The van der Waals surface area contributed by atoms with E-state index in [1.165, 1.54) is 14.2 Å². The lowest BCUT2D eigenvalue weighted by atomic mass is 10.1. The Morgan fingerprint density at radius 2 is 1.93 bits per heavy atom. The van der Waals surface area contributed by atoms with Crippen molar-refractivity contribution < 1.29 is 23.8 Å². The van der Waals surface area contributed by atoms with Gasteiger partial charge in [0.1, 0.15) is 22.2 Å². The number of aryl methyl sites for hydroxylation is 1. The lowest BCUT2D eigenvalue weighted by Crippen LogP contribution is -2.16. The van der Waals surface area contributed by atoms with Gasteiger partial charge in [-0.2, -0.15) is 5.10 Å². The second-order valence-electron chi connectivity index (χ2n) is 6.39. The fourth-order valence-corrected chi connectivity index (χ4v) is 2.88. The zero-order chi connectivity index (χ0) is 20.1. The van der Waals surface area contributed by atoms with E-state index in [-0.39, 0.29) is 10.7 Å². The highest BCUT2D eigenvalue weighted by Gasteiger charge is 2.23. The molecule has 0 N–H and O–H groups in total. The highest BCUT2D eigenvalue weighted by atomic mass is 35.5. The molecule has 1 aromatic carbocycles. The Kier molecular flexibility index (Phi) is 6.85. The van der Waals surface area contributed by atoms with Gasteiger partial charge >= 0.3 is 5.97 Å². The lowest BCUT2D eigenvalue weighted by Gasteiger charge is -2.10. The number of carbonyl (C=O) groups is 2. The zero-order valence-electron chi connectivity index (χ0n) is 16.0. The van der Waals surface area contributed by atoms with Gasteiger partial charge in [0, 0.05) is 12.6 Å². The normalized spacial score (nSPS) is 10.8. The van der Waals surface area contributed by atoms with Gasteiger partial charge in [0.05, 0.1) is 25.5 Å². The first-order chi connectivity index (χ1) is 12.8. The van der Waals surface area contributed by atoms with E-state index in [1.807, 2.05) is 13.8 Å². The molecule has 0 amide bonds. The Balaban J connectivity index is 2.12. The molecule has 0 aliphatic heterocycles. The van der Waals surface area contributed by atoms with Crippen LogP contribution in [0.2, 0.25) is 5.15 Å². The third-order valence-corrected chi connectivity index (χ3v) is 4.24. The molecule has 0 saturated heterocycles. The Morgan fingerprint density at radius 1 is 1.22 bits per heavy atom. The van der Waals surface area contributed by atoms with Gasteiger partial charge in [-0.25, -0.2) is 4.79 Å². The minimum absolute atomic E-state index is 0.173. The summed E-state index contributed by atoms with van der Waals surface area (Å²) in [5.74, 6) is 0.129. The number of aromatic nitrogens is 2. The number of Topliss-reactive ketones (excluding diaryl/α,β-unsaturated/α-hetero) is 1. The molecule has 2 aromatic rings. The van der Waals surface area contributed by atoms with Crippen LogP contribution in [0, 0.1) is 12.8 Å². The summed E-state index contributed by atoms with van der Waals surface area (Å²) in [6.45, 7) is 5.85. The molecule has 0 radical (unpaired) electrons. The predicted molar refractivity (Wildman–Crippen MR) is 101 cm³/mol. The summed E-state index contributed by atoms with van der Waals surface area (Å²) in [5, 5.41) is 4.48. The first-order valence-corrected chi connectivity index (χ1v) is 8.81. The molecule has 2 rings (SSSR count). The predicted octanol–water partition coefficient (Wildman–Crippen LogP) is 3.56. The van der Waals surface area contributed by atoms with Crippen LogP contribution in [0.1, 0.15) is 40.3 Å². The summed E-state index contributed by atoms with van der Waals surface area (Å²) >= 11 is 6.26. The van der Waals surface area contributed by atoms with Crippen molar-refractivity contribution in [1.29, 1.82) is 0 Å². The summed E-state index contributed by atoms with van der Waals surface area (Å²) in [6, 6.07) is 4.79. The van der Waals surface area contributed by atoms with Gasteiger partial charge in [0.15, 0.2) is 6.61 Å². The van der Waals surface area contributed by atoms with Gasteiger partial charge in [-0.15, -0.1) is 0 Å². The van der Waals surface area contributed by atoms with E-state index in [0.29, 0.717) is 35.2 Å². The second-order valence-corrected chi connectivity index (χ2v) is 6.75. The van der Waals surface area contributed by atoms with Crippen LogP contribution < -0.4 is 9.47 Å². The fraction of sp³-hybridized carbons (Fsp3) is 0.421. The van der Waals surface area contributed by atoms with Gasteiger partial charge in [0.25, 0.3) is 0 Å². The topological polar surface area (TPSA) is 79.7 Å². The standard InChI is InChI=1S/C19H23ClN2O5/c1-11(2)9-22-18(20)17(12(3)21-22)19(24)27-10-15(23)14-7-6-13(25-4)8-16(14)26-5/h6-8,11H,9-10H2,1-5H3. The summed E-state index contributed by atoms with van der Waals surface area (Å²) in [7, 11) is 2.97. The van der Waals surface area contributed by atoms with E-state index in [1.54, 1.807) is 29.8 Å². The molecule has 7 nitrogen and oxygen atoms in total. The molecule has 0 atom stereocenters. The average Bonchev–Trinajstić information content (AvgIpc) is 2.91. The Labute approximate surface area is 163 Å². The van der Waals surface area contributed by atoms with Crippen LogP contribution in [-0.2, 0) is 11.3 Å². The van der Waals surface area contributed by atoms with Crippen molar-refractivity contribution in [3.8, 4) is 11.5 Å². The molecule has 0 spiro atoms. The van der Waals surface area contributed by atoms with Crippen molar-refractivity contribution in [3.63, 3.8) is 0 Å². The molecule has 8 heteroatoms. The second kappa shape index (κ2) is 8.90. The monoisotopic (exact) mass is 394 g/mol. The van der Waals surface area contributed by atoms with Gasteiger partial charge in [0.2, 0.25) is 5.78 Å². The highest BCUT2D eigenvalue weighted by molar-refractivity contribution is 6.32. The Morgan fingerprint density at radius 3 is 2.52 bits per heavy atom. The van der Waals surface area contributed by atoms with Crippen LogP contribution in [0.3, 0.4) is 0 Å². The SMILES string of the molecule is COc1ccc(C(=O)COC(=O)c2c(C)nn(CC(C)C)c2Cl)c(OC)c1. The molecule has 1 heterocycles. The first-order valence-electron chi connectivity index (χ1n) is 8.43. The number of rotatable bonds is 8. The number of carbonyl (C=O) groups excluding carboxylic acids is 2. The molecule has 1 aromatic heterocycles. The average molecular weight is 395 g/mol. The van der Waals surface area contributed by atoms with Crippen LogP contribution in [0.5, 0.6) is 11.5 Å². The summed E-state index contributed by atoms with van der Waals surface area (Å²) in [6.07, 6.45) is 0. The largest absolute Gasteiger partial charge is 0.497 e. The van der Waals surface area contributed by atoms with E-state index >= 15 is 0 Å². The van der Waals surface area contributed by atoms with Crippen molar-refractivity contribution in [2.24, 2.45) is 5.92 Å². The number of hydrogen-bond acceptors (Lipinski definition) is 6. The third-order valence-electron chi connectivity index (χ3n) is 3.85. The van der Waals surface area contributed by atoms with Crippen LogP contribution >= 0.6 is 11.6 Å². The maximum atomic E-state index is 12.4. The van der Waals surface area contributed by atoms with Gasteiger partial charge in [-0.1, -0.05) is 25.4 Å². The van der Waals surface area contributed by atoms with E-state index in [2.05, 4.69) is 5.10 Å². The minimum atomic E-state index is -0.687. The molecule has 0 bridgehead atoms. The number of ketones is 1. The molecule has 27 heavy (non-hydrogen) atoms. The van der Waals surface area contributed by atoms with E-state index in [4.69, 9.17) is 25.8 Å². The summed E-state index contributed by atoms with van der Waals surface area (Å²) in [5.41, 5.74) is 0.927. The quantitative estimate of drug-likeness (QED) is 0.503. The van der Waals surface area contributed by atoms with Crippen molar-refractivity contribution in [1.82, 2.24) is 9.78 Å². The zero-order valence-corrected chi connectivity index (χ0v) is 16.8. The van der Waals surface area contributed by atoms with Crippen LogP contribution in [0.15, 0.2) is 18.2 Å². The number of halogens is 1. The number of esters is 1. The first kappa shape index (κ1) is 20.8. The fourth-order valence-electron chi connectivity index (χ4n) is 2.56. The number of ether oxygens (including phenoxy) is 3. The van der Waals surface area contributed by atoms with Crippen molar-refractivity contribution in [3.05, 3.63) is 40.2 Å². The molecule has 0 aliphatic rings. The molecule has 0 unspecified atom stereocenters. The Hall–Kier alpha value is -2.54. The van der Waals surface area contributed by atoms with Gasteiger partial charge < -0.3 is 14.2 Å². The molecule has 0 fully saturated rings. The van der Waals surface area contributed by atoms with Crippen LogP contribution in [0.25, 0.3) is 0 Å². The number of methoxy groups -OCH3 is 2. The van der Waals surface area contributed by atoms with Gasteiger partial charge in [-0.3, -0.25) is 9.48 Å². The smallest absolute Gasteiger partial charge is 0.343 e. The third kappa shape index (κ3) is 4.80. The van der Waals surface area contributed by atoms with Crippen molar-refractivity contribution in [2.45, 2.75) is 27.3 Å².